The molecule has 3 aromatic rings. The normalized spacial score (nSPS) is 10.4. The van der Waals surface area contributed by atoms with Gasteiger partial charge in [0.15, 0.2) is 6.61 Å². The van der Waals surface area contributed by atoms with Crippen molar-refractivity contribution in [3.8, 4) is 5.75 Å². The SMILES string of the molecule is CCN(CC)CCOC(=O)c1ccc(NC(=O)COc2ccc(N(C)C(=O)c3ccc(C)cc3)cc2)cc1.[Cl-]. The molecule has 0 saturated carbocycles. The number of amides is 2. The molecule has 3 aromatic carbocycles. The van der Waals surface area contributed by atoms with Crippen molar-refractivity contribution < 1.29 is 36.3 Å². The number of carbonyl (C=O) groups excluding carboxylic acids is 3. The van der Waals surface area contributed by atoms with Crippen molar-refractivity contribution in [3.05, 3.63) is 89.5 Å². The topological polar surface area (TPSA) is 88.2 Å². The first-order chi connectivity index (χ1) is 18.3. The molecule has 0 heterocycles. The Morgan fingerprint density at radius 3 is 2.00 bits per heavy atom. The van der Waals surface area contributed by atoms with Gasteiger partial charge in [-0.15, -0.1) is 0 Å². The van der Waals surface area contributed by atoms with Crippen molar-refractivity contribution in [2.45, 2.75) is 20.8 Å². The van der Waals surface area contributed by atoms with Gasteiger partial charge in [0.05, 0.1) is 5.56 Å². The van der Waals surface area contributed by atoms with Crippen LogP contribution in [0.1, 0.15) is 40.1 Å². The molecule has 0 spiro atoms. The van der Waals surface area contributed by atoms with Gasteiger partial charge in [-0.2, -0.15) is 0 Å². The van der Waals surface area contributed by atoms with Crippen LogP contribution in [-0.4, -0.2) is 62.6 Å². The fraction of sp³-hybridized carbons (Fsp3) is 0.300. The molecule has 9 heteroatoms. The highest BCUT2D eigenvalue weighted by Crippen LogP contribution is 2.20. The molecule has 0 radical (unpaired) electrons. The molecule has 0 saturated heterocycles. The minimum absolute atomic E-state index is 0. The Hall–Kier alpha value is -3.88. The van der Waals surface area contributed by atoms with Crippen LogP contribution in [0.4, 0.5) is 11.4 Å². The molecule has 0 unspecified atom stereocenters. The van der Waals surface area contributed by atoms with Crippen LogP contribution >= 0.6 is 0 Å². The molecule has 1 N–H and O–H groups in total. The van der Waals surface area contributed by atoms with Crippen LogP contribution in [0, 0.1) is 6.92 Å². The molecule has 0 aliphatic rings. The predicted octanol–water partition coefficient (Wildman–Crippen LogP) is 1.79. The average Bonchev–Trinajstić information content (AvgIpc) is 2.94. The number of esters is 1. The third-order valence-corrected chi connectivity index (χ3v) is 6.14. The van der Waals surface area contributed by atoms with Crippen LogP contribution in [0.15, 0.2) is 72.8 Å². The lowest BCUT2D eigenvalue weighted by Crippen LogP contribution is -3.00. The monoisotopic (exact) mass is 552 g/mol. The second-order valence-corrected chi connectivity index (χ2v) is 8.80. The quantitative estimate of drug-likeness (QED) is 0.345. The number of benzene rings is 3. The third kappa shape index (κ3) is 9.42. The van der Waals surface area contributed by atoms with Crippen molar-refractivity contribution >= 4 is 29.2 Å². The number of nitrogens with one attached hydrogen (secondary N) is 1. The van der Waals surface area contributed by atoms with Gasteiger partial charge in [0, 0.05) is 30.5 Å². The van der Waals surface area contributed by atoms with Gasteiger partial charge in [-0.1, -0.05) is 31.5 Å². The highest BCUT2D eigenvalue weighted by Gasteiger charge is 2.14. The molecule has 3 rings (SSSR count). The predicted molar refractivity (Wildman–Crippen MR) is 149 cm³/mol. The molecule has 0 atom stereocenters. The van der Waals surface area contributed by atoms with Crippen LogP contribution < -0.4 is 27.4 Å². The van der Waals surface area contributed by atoms with E-state index >= 15 is 0 Å². The summed E-state index contributed by atoms with van der Waals surface area (Å²) in [7, 11) is 1.71. The van der Waals surface area contributed by atoms with E-state index in [4.69, 9.17) is 9.47 Å². The van der Waals surface area contributed by atoms with Gasteiger partial charge in [-0.25, -0.2) is 4.79 Å². The van der Waals surface area contributed by atoms with Crippen molar-refractivity contribution in [1.82, 2.24) is 4.90 Å². The molecule has 0 aliphatic heterocycles. The summed E-state index contributed by atoms with van der Waals surface area (Å²) in [5, 5.41) is 2.74. The van der Waals surface area contributed by atoms with Gasteiger partial charge in [-0.3, -0.25) is 9.59 Å². The summed E-state index contributed by atoms with van der Waals surface area (Å²) in [6.07, 6.45) is 0. The van der Waals surface area contributed by atoms with E-state index in [0.29, 0.717) is 41.4 Å². The van der Waals surface area contributed by atoms with Crippen LogP contribution in [0.3, 0.4) is 0 Å². The van der Waals surface area contributed by atoms with E-state index in [1.54, 1.807) is 72.6 Å². The molecular weight excluding hydrogens is 518 g/mol. The highest BCUT2D eigenvalue weighted by molar-refractivity contribution is 6.05. The minimum atomic E-state index is -0.395. The maximum absolute atomic E-state index is 12.7. The Morgan fingerprint density at radius 1 is 0.821 bits per heavy atom. The lowest BCUT2D eigenvalue weighted by molar-refractivity contribution is -0.118. The van der Waals surface area contributed by atoms with Crippen molar-refractivity contribution in [2.24, 2.45) is 0 Å². The summed E-state index contributed by atoms with van der Waals surface area (Å²) >= 11 is 0. The van der Waals surface area contributed by atoms with E-state index in [9.17, 15) is 14.4 Å². The van der Waals surface area contributed by atoms with Crippen LogP contribution in [0.25, 0.3) is 0 Å². The summed E-state index contributed by atoms with van der Waals surface area (Å²) in [5.41, 5.74) is 3.37. The van der Waals surface area contributed by atoms with Gasteiger partial charge in [0.1, 0.15) is 12.4 Å². The van der Waals surface area contributed by atoms with Crippen molar-refractivity contribution in [1.29, 1.82) is 0 Å². The molecule has 0 fully saturated rings. The smallest absolute Gasteiger partial charge is 0.338 e. The number of carbonyl (C=O) groups is 3. The summed E-state index contributed by atoms with van der Waals surface area (Å²) in [4.78, 5) is 41.0. The molecule has 39 heavy (non-hydrogen) atoms. The summed E-state index contributed by atoms with van der Waals surface area (Å²) in [5.74, 6) is -0.344. The molecular formula is C30H35ClN3O5-. The number of hydrogen-bond donors (Lipinski definition) is 1. The Labute approximate surface area is 236 Å². The lowest BCUT2D eigenvalue weighted by Gasteiger charge is -2.18. The number of anilines is 2. The van der Waals surface area contributed by atoms with Crippen LogP contribution in [-0.2, 0) is 9.53 Å². The number of hydrogen-bond acceptors (Lipinski definition) is 6. The average molecular weight is 553 g/mol. The third-order valence-electron chi connectivity index (χ3n) is 6.14. The fourth-order valence-electron chi connectivity index (χ4n) is 3.70. The number of ether oxygens (including phenoxy) is 2. The highest BCUT2D eigenvalue weighted by atomic mass is 35.5. The van der Waals surface area contributed by atoms with Crippen molar-refractivity contribution in [3.63, 3.8) is 0 Å². The fourth-order valence-corrected chi connectivity index (χ4v) is 3.70. The summed E-state index contributed by atoms with van der Waals surface area (Å²) in [6.45, 7) is 8.75. The minimum Gasteiger partial charge on any atom is -1.00 e. The molecule has 0 aromatic heterocycles. The Kier molecular flexibility index (Phi) is 12.5. The zero-order valence-electron chi connectivity index (χ0n) is 22.8. The van der Waals surface area contributed by atoms with Gasteiger partial charge >= 0.3 is 5.97 Å². The number of nitrogens with zero attached hydrogens (tertiary/aromatic N) is 2. The van der Waals surface area contributed by atoms with Gasteiger partial charge in [-0.05, 0) is 80.7 Å². The maximum Gasteiger partial charge on any atom is 0.338 e. The number of likely N-dealkylation sites (N-methyl/N-ethyl adjacent to an activating group) is 1. The van der Waals surface area contributed by atoms with Crippen molar-refractivity contribution in [2.75, 3.05) is 50.1 Å². The van der Waals surface area contributed by atoms with Gasteiger partial charge in [0.2, 0.25) is 0 Å². The van der Waals surface area contributed by atoms with E-state index in [2.05, 4.69) is 24.1 Å². The Balaban J connectivity index is 0.00000533. The van der Waals surface area contributed by atoms with E-state index < -0.39 is 5.97 Å². The summed E-state index contributed by atoms with van der Waals surface area (Å²) in [6, 6.07) is 20.9. The molecule has 8 nitrogen and oxygen atoms in total. The first-order valence-electron chi connectivity index (χ1n) is 12.7. The number of rotatable bonds is 12. The Morgan fingerprint density at radius 2 is 1.41 bits per heavy atom. The standard InChI is InChI=1S/C30H35N3O5.ClH/c1-5-33(6-2)19-20-37-30(36)24-11-13-25(14-12-24)31-28(34)21-38-27-17-15-26(16-18-27)32(4)29(35)23-9-7-22(3)8-10-23;/h7-18H,5-6,19-21H2,1-4H3,(H,31,34);1H/p-1. The zero-order chi connectivity index (χ0) is 27.5. The molecule has 0 aliphatic carbocycles. The van der Waals surface area contributed by atoms with Crippen LogP contribution in [0.5, 0.6) is 5.75 Å². The zero-order valence-corrected chi connectivity index (χ0v) is 23.5. The largest absolute Gasteiger partial charge is 1.00 e. The lowest BCUT2D eigenvalue weighted by atomic mass is 10.1. The molecule has 2 amide bonds. The maximum atomic E-state index is 12.7. The summed E-state index contributed by atoms with van der Waals surface area (Å²) < 4.78 is 10.9. The van der Waals surface area contributed by atoms with E-state index in [1.165, 1.54) is 0 Å². The van der Waals surface area contributed by atoms with E-state index in [1.807, 2.05) is 19.1 Å². The second-order valence-electron chi connectivity index (χ2n) is 8.80. The first kappa shape index (κ1) is 31.3. The molecule has 208 valence electrons. The van der Waals surface area contributed by atoms with Crippen LogP contribution in [0.2, 0.25) is 0 Å². The Bertz CT molecular complexity index is 1210. The number of aryl methyl sites for hydroxylation is 1. The van der Waals surface area contributed by atoms with Gasteiger partial charge < -0.3 is 37.0 Å². The van der Waals surface area contributed by atoms with Gasteiger partial charge in [0.25, 0.3) is 11.8 Å². The number of halogens is 1. The van der Waals surface area contributed by atoms with E-state index in [-0.39, 0.29) is 30.8 Å². The molecule has 0 bridgehead atoms. The first-order valence-corrected chi connectivity index (χ1v) is 12.7. The van der Waals surface area contributed by atoms with E-state index in [0.717, 1.165) is 18.7 Å². The second kappa shape index (κ2) is 15.5.